The van der Waals surface area contributed by atoms with E-state index in [9.17, 15) is 25.2 Å². The summed E-state index contributed by atoms with van der Waals surface area (Å²) in [6.45, 7) is 7.22. The van der Waals surface area contributed by atoms with Crippen LogP contribution in [-0.4, -0.2) is 63.7 Å². The number of carboxylic acid groups (broad SMARTS) is 1. The Morgan fingerprint density at radius 2 is 1.34 bits per heavy atom. The zero-order valence-corrected chi connectivity index (χ0v) is 18.8. The van der Waals surface area contributed by atoms with Gasteiger partial charge in [0.05, 0.1) is 19.1 Å². The van der Waals surface area contributed by atoms with E-state index in [1.165, 1.54) is 0 Å². The normalized spacial score (nSPS) is 15.9. The first kappa shape index (κ1) is 27.5. The molecule has 0 bridgehead atoms. The van der Waals surface area contributed by atoms with E-state index in [4.69, 9.17) is 0 Å². The summed E-state index contributed by atoms with van der Waals surface area (Å²) in [5.74, 6) is -0.879. The van der Waals surface area contributed by atoms with Crippen LogP contribution in [0.5, 0.6) is 0 Å². The number of aliphatic hydroxyl groups excluding tert-OH is 3. The molecular weight excluding hydrogens is 370 g/mol. The van der Waals surface area contributed by atoms with Crippen molar-refractivity contribution in [2.45, 2.75) is 78.6 Å². The maximum absolute atomic E-state index is 11.2. The lowest BCUT2D eigenvalue weighted by Crippen LogP contribution is -2.53. The SMILES string of the molecule is CCCCC/C=C(\O)C[N+](CCO)(CCC(C)C(=O)O)C/C(O)=C/CCCCC. The number of unbranched alkanes of at least 4 members (excludes halogenated alkanes) is 6. The van der Waals surface area contributed by atoms with Crippen molar-refractivity contribution in [3.05, 3.63) is 23.7 Å². The van der Waals surface area contributed by atoms with E-state index in [0.717, 1.165) is 51.4 Å². The van der Waals surface area contributed by atoms with Gasteiger partial charge in [0.1, 0.15) is 31.2 Å². The first-order valence-electron chi connectivity index (χ1n) is 11.2. The highest BCUT2D eigenvalue weighted by atomic mass is 16.4. The summed E-state index contributed by atoms with van der Waals surface area (Å²) < 4.78 is 0.250. The molecule has 0 fully saturated rings. The van der Waals surface area contributed by atoms with Crippen LogP contribution in [0, 0.1) is 5.92 Å². The van der Waals surface area contributed by atoms with Gasteiger partial charge in [-0.05, 0) is 37.8 Å². The molecule has 0 aliphatic carbocycles. The number of nitrogens with zero attached hydrogens (tertiary/aromatic N) is 1. The minimum Gasteiger partial charge on any atom is -0.507 e. The Labute approximate surface area is 177 Å². The maximum Gasteiger partial charge on any atom is 0.306 e. The molecule has 0 aliphatic heterocycles. The molecule has 4 N–H and O–H groups in total. The molecule has 0 radical (unpaired) electrons. The monoisotopic (exact) mass is 414 g/mol. The highest BCUT2D eigenvalue weighted by Crippen LogP contribution is 2.19. The molecule has 1 unspecified atom stereocenters. The number of hydrogen-bond donors (Lipinski definition) is 4. The first-order chi connectivity index (χ1) is 13.8. The van der Waals surface area contributed by atoms with Gasteiger partial charge in [-0.1, -0.05) is 46.5 Å². The predicted molar refractivity (Wildman–Crippen MR) is 118 cm³/mol. The molecule has 0 aromatic rings. The summed E-state index contributed by atoms with van der Waals surface area (Å²) in [7, 11) is 0. The van der Waals surface area contributed by atoms with Gasteiger partial charge in [0.2, 0.25) is 0 Å². The molecule has 6 heteroatoms. The summed E-state index contributed by atoms with van der Waals surface area (Å²) in [4.78, 5) is 11.2. The molecule has 0 rings (SSSR count). The van der Waals surface area contributed by atoms with E-state index >= 15 is 0 Å². The van der Waals surface area contributed by atoms with E-state index in [1.54, 1.807) is 6.92 Å². The second-order valence-corrected chi connectivity index (χ2v) is 8.24. The van der Waals surface area contributed by atoms with Gasteiger partial charge in [0.25, 0.3) is 0 Å². The number of allylic oxidation sites excluding steroid dienone is 2. The smallest absolute Gasteiger partial charge is 0.306 e. The molecule has 0 spiro atoms. The molecule has 1 atom stereocenters. The fraction of sp³-hybridized carbons (Fsp3) is 0.783. The number of aliphatic hydroxyl groups is 3. The highest BCUT2D eigenvalue weighted by Gasteiger charge is 2.31. The summed E-state index contributed by atoms with van der Waals surface area (Å²) in [5.41, 5.74) is 0. The fourth-order valence-corrected chi connectivity index (χ4v) is 3.43. The predicted octanol–water partition coefficient (Wildman–Crippen LogP) is 4.95. The summed E-state index contributed by atoms with van der Waals surface area (Å²) in [6.07, 6.45) is 12.1. The van der Waals surface area contributed by atoms with Crippen molar-refractivity contribution in [3.8, 4) is 0 Å². The average molecular weight is 415 g/mol. The zero-order chi connectivity index (χ0) is 22.1. The van der Waals surface area contributed by atoms with Crippen LogP contribution in [0.4, 0.5) is 0 Å². The second-order valence-electron chi connectivity index (χ2n) is 8.24. The molecule has 0 aromatic heterocycles. The average Bonchev–Trinajstić information content (AvgIpc) is 2.67. The molecule has 0 aromatic carbocycles. The third kappa shape index (κ3) is 13.3. The Bertz CT molecular complexity index is 473. The molecule has 0 heterocycles. The summed E-state index contributed by atoms with van der Waals surface area (Å²) in [6, 6.07) is 0. The lowest BCUT2D eigenvalue weighted by molar-refractivity contribution is -0.922. The maximum atomic E-state index is 11.2. The molecule has 6 nitrogen and oxygen atoms in total. The van der Waals surface area contributed by atoms with Gasteiger partial charge in [-0.15, -0.1) is 0 Å². The third-order valence-corrected chi connectivity index (χ3v) is 5.40. The van der Waals surface area contributed by atoms with Crippen LogP contribution in [0.1, 0.15) is 78.6 Å². The van der Waals surface area contributed by atoms with Crippen molar-refractivity contribution in [1.82, 2.24) is 0 Å². The number of carbonyl (C=O) groups is 1. The highest BCUT2D eigenvalue weighted by molar-refractivity contribution is 5.69. The van der Waals surface area contributed by atoms with Gasteiger partial charge in [0.15, 0.2) is 0 Å². The lowest BCUT2D eigenvalue weighted by Gasteiger charge is -2.38. The van der Waals surface area contributed by atoms with Crippen LogP contribution < -0.4 is 0 Å². The van der Waals surface area contributed by atoms with Gasteiger partial charge < -0.3 is 24.9 Å². The quantitative estimate of drug-likeness (QED) is 0.144. The molecule has 29 heavy (non-hydrogen) atoms. The van der Waals surface area contributed by atoms with Crippen LogP contribution in [0.25, 0.3) is 0 Å². The number of quaternary nitrogens is 1. The second kappa shape index (κ2) is 16.3. The Morgan fingerprint density at radius 1 is 0.862 bits per heavy atom. The number of aliphatic carboxylic acids is 1. The summed E-state index contributed by atoms with van der Waals surface area (Å²) in [5, 5.41) is 39.9. The Kier molecular flexibility index (Phi) is 15.4. The van der Waals surface area contributed by atoms with Gasteiger partial charge in [-0.2, -0.15) is 0 Å². The van der Waals surface area contributed by atoms with Gasteiger partial charge >= 0.3 is 5.97 Å². The van der Waals surface area contributed by atoms with Crippen molar-refractivity contribution in [2.75, 3.05) is 32.8 Å². The van der Waals surface area contributed by atoms with E-state index in [1.807, 2.05) is 12.2 Å². The van der Waals surface area contributed by atoms with E-state index in [0.29, 0.717) is 19.5 Å². The van der Waals surface area contributed by atoms with Crippen LogP contribution >= 0.6 is 0 Å². The van der Waals surface area contributed by atoms with E-state index in [2.05, 4.69) is 13.8 Å². The first-order valence-corrected chi connectivity index (χ1v) is 11.2. The number of rotatable bonds is 18. The minimum absolute atomic E-state index is 0.0896. The standard InChI is InChI=1S/C23H43NO5/c1-4-6-8-10-12-21(26)18-24(16-17-25,15-14-20(3)23(28)29)19-22(27)13-11-9-7-5-2/h12-13,20,25H,4-11,14-19H2,1-3H3,(H2-,26,27,28,29)/p+1/b21-12-,22-13-. The van der Waals surface area contributed by atoms with Crippen LogP contribution in [0.3, 0.4) is 0 Å². The molecule has 0 saturated carbocycles. The minimum atomic E-state index is -0.856. The number of hydrogen-bond acceptors (Lipinski definition) is 4. The number of carboxylic acids is 1. The van der Waals surface area contributed by atoms with E-state index < -0.39 is 11.9 Å². The third-order valence-electron chi connectivity index (χ3n) is 5.40. The fourth-order valence-electron chi connectivity index (χ4n) is 3.43. The molecule has 0 aliphatic rings. The largest absolute Gasteiger partial charge is 0.507 e. The van der Waals surface area contributed by atoms with Crippen molar-refractivity contribution in [2.24, 2.45) is 5.92 Å². The zero-order valence-electron chi connectivity index (χ0n) is 18.8. The molecule has 0 saturated heterocycles. The Balaban J connectivity index is 5.32. The van der Waals surface area contributed by atoms with Gasteiger partial charge in [-0.3, -0.25) is 4.79 Å². The molecule has 170 valence electrons. The van der Waals surface area contributed by atoms with Crippen LogP contribution in [0.15, 0.2) is 23.7 Å². The van der Waals surface area contributed by atoms with Gasteiger partial charge in [0, 0.05) is 6.42 Å². The van der Waals surface area contributed by atoms with Crippen molar-refractivity contribution < 1.29 is 29.7 Å². The Morgan fingerprint density at radius 3 is 1.72 bits per heavy atom. The van der Waals surface area contributed by atoms with Crippen molar-refractivity contribution in [1.29, 1.82) is 0 Å². The van der Waals surface area contributed by atoms with Crippen LogP contribution in [0.2, 0.25) is 0 Å². The van der Waals surface area contributed by atoms with Gasteiger partial charge in [-0.25, -0.2) is 0 Å². The van der Waals surface area contributed by atoms with Crippen molar-refractivity contribution in [3.63, 3.8) is 0 Å². The van der Waals surface area contributed by atoms with Crippen LogP contribution in [-0.2, 0) is 4.79 Å². The Hall–Kier alpha value is -1.53. The topological polar surface area (TPSA) is 98.0 Å². The molecular formula is C23H44NO5+. The van der Waals surface area contributed by atoms with Crippen molar-refractivity contribution >= 4 is 5.97 Å². The molecule has 0 amide bonds. The summed E-state index contributed by atoms with van der Waals surface area (Å²) >= 11 is 0. The lowest BCUT2D eigenvalue weighted by atomic mass is 10.1. The van der Waals surface area contributed by atoms with E-state index in [-0.39, 0.29) is 35.7 Å².